The predicted octanol–water partition coefficient (Wildman–Crippen LogP) is 4.38. The molecule has 0 bridgehead atoms. The molecule has 0 heterocycles. The van der Waals surface area contributed by atoms with Crippen LogP contribution in [0.3, 0.4) is 0 Å². The third-order valence-electron chi connectivity index (χ3n) is 4.08. The lowest BCUT2D eigenvalue weighted by Crippen LogP contribution is -2.09. The van der Waals surface area contributed by atoms with Crippen LogP contribution in [0.15, 0.2) is 48.6 Å². The molecule has 0 fully saturated rings. The molecule has 4 heteroatoms. The van der Waals surface area contributed by atoms with Crippen LogP contribution in [0.25, 0.3) is 0 Å². The summed E-state index contributed by atoms with van der Waals surface area (Å²) in [6.07, 6.45) is 2.68. The third kappa shape index (κ3) is 5.05. The smallest absolute Gasteiger partial charge is 0.335 e. The van der Waals surface area contributed by atoms with Crippen molar-refractivity contribution in [2.75, 3.05) is 0 Å². The molecule has 0 unspecified atom stereocenters. The molecular weight excluding hydrogens is 316 g/mol. The Morgan fingerprint density at radius 1 is 0.840 bits per heavy atom. The molecule has 0 N–H and O–H groups in total. The summed E-state index contributed by atoms with van der Waals surface area (Å²) >= 11 is 0. The van der Waals surface area contributed by atoms with Gasteiger partial charge in [-0.25, -0.2) is 4.79 Å². The van der Waals surface area contributed by atoms with Crippen molar-refractivity contribution in [3.8, 4) is 11.5 Å². The van der Waals surface area contributed by atoms with Crippen molar-refractivity contribution in [1.82, 2.24) is 0 Å². The van der Waals surface area contributed by atoms with Crippen molar-refractivity contribution >= 4 is 11.9 Å². The first-order valence-electron chi connectivity index (χ1n) is 8.10. The Balaban J connectivity index is 1.89. The fourth-order valence-corrected chi connectivity index (χ4v) is 2.23. The molecule has 0 spiro atoms. The Labute approximate surface area is 148 Å². The van der Waals surface area contributed by atoms with E-state index in [9.17, 15) is 9.59 Å². The highest BCUT2D eigenvalue weighted by Crippen LogP contribution is 2.22. The van der Waals surface area contributed by atoms with Crippen LogP contribution in [0.2, 0.25) is 0 Å². The zero-order valence-electron chi connectivity index (χ0n) is 15.0. The first-order chi connectivity index (χ1) is 11.9. The van der Waals surface area contributed by atoms with Gasteiger partial charge >= 0.3 is 11.9 Å². The second kappa shape index (κ2) is 8.29. The van der Waals surface area contributed by atoms with Crippen molar-refractivity contribution in [3.05, 3.63) is 70.8 Å². The maximum Gasteiger partial charge on any atom is 0.335 e. The minimum Gasteiger partial charge on any atom is -0.426 e. The number of hydrogen-bond acceptors (Lipinski definition) is 4. The number of benzene rings is 2. The molecular formula is C21H22O4. The molecule has 0 saturated carbocycles. The number of hydrogen-bond donors (Lipinski definition) is 0. The summed E-state index contributed by atoms with van der Waals surface area (Å²) < 4.78 is 10.6. The molecule has 0 aromatic heterocycles. The Morgan fingerprint density at radius 2 is 1.36 bits per heavy atom. The molecule has 0 saturated heterocycles. The topological polar surface area (TPSA) is 52.6 Å². The average molecular weight is 338 g/mol. The van der Waals surface area contributed by atoms with E-state index in [0.29, 0.717) is 11.5 Å². The second-order valence-electron chi connectivity index (χ2n) is 5.90. The van der Waals surface area contributed by atoms with Gasteiger partial charge in [0, 0.05) is 6.08 Å². The van der Waals surface area contributed by atoms with Crippen molar-refractivity contribution in [2.45, 2.75) is 34.1 Å². The van der Waals surface area contributed by atoms with Gasteiger partial charge in [0.25, 0.3) is 0 Å². The predicted molar refractivity (Wildman–Crippen MR) is 96.9 cm³/mol. The van der Waals surface area contributed by atoms with Gasteiger partial charge in [0.1, 0.15) is 11.5 Å². The molecule has 0 atom stereocenters. The van der Waals surface area contributed by atoms with Gasteiger partial charge in [0.15, 0.2) is 0 Å². The van der Waals surface area contributed by atoms with Crippen molar-refractivity contribution in [1.29, 1.82) is 0 Å². The number of aryl methyl sites for hydroxylation is 2. The largest absolute Gasteiger partial charge is 0.426 e. The van der Waals surface area contributed by atoms with E-state index in [0.717, 1.165) is 22.3 Å². The summed E-state index contributed by atoms with van der Waals surface area (Å²) in [5.74, 6) is 0.113. The Bertz CT molecular complexity index is 819. The Hall–Kier alpha value is -2.88. The van der Waals surface area contributed by atoms with Crippen LogP contribution in [-0.2, 0) is 9.59 Å². The lowest BCUT2D eigenvalue weighted by Gasteiger charge is -2.08. The van der Waals surface area contributed by atoms with Gasteiger partial charge in [-0.05, 0) is 62.1 Å². The van der Waals surface area contributed by atoms with Gasteiger partial charge in [-0.2, -0.15) is 0 Å². The summed E-state index contributed by atoms with van der Waals surface area (Å²) in [5.41, 5.74) is 3.94. The number of carbonyl (C=O) groups is 2. The molecule has 0 aliphatic heterocycles. The highest BCUT2D eigenvalue weighted by molar-refractivity contribution is 5.85. The minimum absolute atomic E-state index is 0.00468. The second-order valence-corrected chi connectivity index (χ2v) is 5.90. The molecule has 2 aromatic rings. The summed E-state index contributed by atoms with van der Waals surface area (Å²) in [6, 6.07) is 11.1. The first kappa shape index (κ1) is 18.5. The summed E-state index contributed by atoms with van der Waals surface area (Å²) in [6.45, 7) is 7.69. The number of ether oxygens (including phenoxy) is 2. The molecule has 130 valence electrons. The zero-order chi connectivity index (χ0) is 18.4. The van der Waals surface area contributed by atoms with E-state index < -0.39 is 11.9 Å². The molecule has 0 radical (unpaired) electrons. The normalized spacial score (nSPS) is 10.7. The SMILES string of the molecule is Cc1cccc(OC(=O)C=CCC(=O)Oc2cccc(C)c2C)c1C. The molecule has 0 aliphatic carbocycles. The summed E-state index contributed by atoms with van der Waals surface area (Å²) in [7, 11) is 0. The summed E-state index contributed by atoms with van der Waals surface area (Å²) in [5, 5.41) is 0. The quantitative estimate of drug-likeness (QED) is 0.461. The van der Waals surface area contributed by atoms with E-state index in [2.05, 4.69) is 0 Å². The van der Waals surface area contributed by atoms with E-state index in [1.807, 2.05) is 52.0 Å². The molecule has 2 rings (SSSR count). The maximum atomic E-state index is 11.9. The van der Waals surface area contributed by atoms with Crippen LogP contribution in [0.4, 0.5) is 0 Å². The maximum absolute atomic E-state index is 11.9. The molecule has 0 aliphatic rings. The Kier molecular flexibility index (Phi) is 6.12. The van der Waals surface area contributed by atoms with Crippen molar-refractivity contribution in [3.63, 3.8) is 0 Å². The fraction of sp³-hybridized carbons (Fsp3) is 0.238. The first-order valence-corrected chi connectivity index (χ1v) is 8.10. The number of esters is 2. The lowest BCUT2D eigenvalue weighted by atomic mass is 10.1. The molecule has 0 amide bonds. The Morgan fingerprint density at radius 3 is 1.92 bits per heavy atom. The van der Waals surface area contributed by atoms with Gasteiger partial charge in [-0.15, -0.1) is 0 Å². The van der Waals surface area contributed by atoms with Gasteiger partial charge < -0.3 is 9.47 Å². The number of rotatable bonds is 5. The van der Waals surface area contributed by atoms with E-state index in [4.69, 9.17) is 9.47 Å². The van der Waals surface area contributed by atoms with Gasteiger partial charge in [0.05, 0.1) is 6.42 Å². The highest BCUT2D eigenvalue weighted by atomic mass is 16.5. The van der Waals surface area contributed by atoms with E-state index in [1.165, 1.54) is 12.2 Å². The van der Waals surface area contributed by atoms with Crippen molar-refractivity contribution in [2.24, 2.45) is 0 Å². The molecule has 25 heavy (non-hydrogen) atoms. The van der Waals surface area contributed by atoms with Gasteiger partial charge in [0.2, 0.25) is 0 Å². The minimum atomic E-state index is -0.520. The zero-order valence-corrected chi connectivity index (χ0v) is 15.0. The molecule has 4 nitrogen and oxygen atoms in total. The van der Waals surface area contributed by atoms with Crippen LogP contribution >= 0.6 is 0 Å². The van der Waals surface area contributed by atoms with E-state index >= 15 is 0 Å². The van der Waals surface area contributed by atoms with Crippen molar-refractivity contribution < 1.29 is 19.1 Å². The van der Waals surface area contributed by atoms with Crippen LogP contribution in [0, 0.1) is 27.7 Å². The van der Waals surface area contributed by atoms with E-state index in [1.54, 1.807) is 12.1 Å². The summed E-state index contributed by atoms with van der Waals surface area (Å²) in [4.78, 5) is 23.7. The molecule has 2 aromatic carbocycles. The van der Waals surface area contributed by atoms with Gasteiger partial charge in [-0.1, -0.05) is 30.3 Å². The fourth-order valence-electron chi connectivity index (χ4n) is 2.23. The van der Waals surface area contributed by atoms with Gasteiger partial charge in [-0.3, -0.25) is 4.79 Å². The monoisotopic (exact) mass is 338 g/mol. The standard InChI is InChI=1S/C21H22O4/c1-14-8-5-10-18(16(14)3)24-20(22)12-7-13-21(23)25-19-11-6-9-15(2)17(19)4/h5-12H,13H2,1-4H3. The number of carbonyl (C=O) groups excluding carboxylic acids is 2. The third-order valence-corrected chi connectivity index (χ3v) is 4.08. The average Bonchev–Trinajstić information content (AvgIpc) is 2.56. The van der Waals surface area contributed by atoms with E-state index in [-0.39, 0.29) is 6.42 Å². The van der Waals surface area contributed by atoms with Crippen LogP contribution in [-0.4, -0.2) is 11.9 Å². The lowest BCUT2D eigenvalue weighted by molar-refractivity contribution is -0.133. The highest BCUT2D eigenvalue weighted by Gasteiger charge is 2.08. The van der Waals surface area contributed by atoms with Crippen LogP contribution < -0.4 is 9.47 Å². The van der Waals surface area contributed by atoms with Crippen LogP contribution in [0.1, 0.15) is 28.7 Å². The van der Waals surface area contributed by atoms with Crippen LogP contribution in [0.5, 0.6) is 11.5 Å².